The molecule has 0 aromatic heterocycles. The van der Waals surface area contributed by atoms with Crippen LogP contribution in [0, 0.1) is 53.8 Å². The first kappa shape index (κ1) is 110. The number of alkyl carbamates (subject to hydrolysis) is 1. The SMILES string of the molecule is Brc1ccccc1.C.C.C.C.C.C.C.C.C#Cc1ccc(C(=O)O)cc1.COC(=O)[C@@H](N)[C@H](C)NC(=O)OCC1c2ccccc2-c2ccccc21.COC(=O)[C@@H](NC(=O)c1ccc(C#Cc2ccccc2)cc1)C(C)C.C[C@H](N)[C@H](NC(=O)c1ccc(C#Cc2ccccc2)cc1)C(=O)NO.O=C(O)c1ccc(C#Cc2ccccc2)cc1. The van der Waals surface area contributed by atoms with E-state index in [0.29, 0.717) is 16.7 Å². The molecule has 20 nitrogen and oxygen atoms in total. The van der Waals surface area contributed by atoms with E-state index in [-0.39, 0.29) is 94.9 Å². The molecule has 0 bridgehead atoms. The van der Waals surface area contributed by atoms with Gasteiger partial charge in [-0.1, -0.05) is 252 Å². The Bertz CT molecular complexity index is 4790. The van der Waals surface area contributed by atoms with E-state index in [1.165, 1.54) is 31.8 Å². The third kappa shape index (κ3) is 36.8. The molecule has 0 spiro atoms. The van der Waals surface area contributed by atoms with Crippen molar-refractivity contribution in [3.63, 3.8) is 0 Å². The van der Waals surface area contributed by atoms with Crippen molar-refractivity contribution in [1.29, 1.82) is 0 Å². The fourth-order valence-corrected chi connectivity index (χ4v) is 10.4. The molecule has 628 valence electrons. The third-order valence-electron chi connectivity index (χ3n) is 16.1. The molecular formula is C98H115BrN6O14. The first-order chi connectivity index (χ1) is 53.4. The van der Waals surface area contributed by atoms with Crippen molar-refractivity contribution in [3.8, 4) is 59.0 Å². The fourth-order valence-electron chi connectivity index (χ4n) is 10.1. The maximum atomic E-state index is 12.3. The molecule has 0 fully saturated rings. The van der Waals surface area contributed by atoms with Gasteiger partial charge in [0.25, 0.3) is 17.7 Å². The van der Waals surface area contributed by atoms with Crippen LogP contribution in [0.5, 0.6) is 0 Å². The number of fused-ring (bicyclic) bond motifs is 3. The second-order valence-electron chi connectivity index (χ2n) is 24.5. The second-order valence-corrected chi connectivity index (χ2v) is 25.4. The van der Waals surface area contributed by atoms with E-state index < -0.39 is 72.0 Å². The van der Waals surface area contributed by atoms with Crippen LogP contribution in [0.3, 0.4) is 0 Å². The number of hydroxylamine groups is 1. The van der Waals surface area contributed by atoms with Crippen LogP contribution >= 0.6 is 15.9 Å². The second kappa shape index (κ2) is 58.2. The number of hydrogen-bond acceptors (Lipinski definition) is 14. The molecule has 0 saturated carbocycles. The summed E-state index contributed by atoms with van der Waals surface area (Å²) in [6, 6.07) is 77.5. The normalized spacial score (nSPS) is 10.8. The zero-order chi connectivity index (χ0) is 80.6. The molecule has 21 heteroatoms. The molecule has 4 amide bonds. The number of terminal acetylenes is 1. The number of ether oxygens (including phenoxy) is 3. The van der Waals surface area contributed by atoms with Gasteiger partial charge in [0, 0.05) is 66.5 Å². The van der Waals surface area contributed by atoms with Crippen molar-refractivity contribution < 1.29 is 68.0 Å². The highest BCUT2D eigenvalue weighted by atomic mass is 79.9. The van der Waals surface area contributed by atoms with Gasteiger partial charge in [-0.2, -0.15) is 0 Å². The molecule has 0 radical (unpaired) electrons. The monoisotopic (exact) mass is 1680 g/mol. The fraction of sp³-hybridized carbons (Fsp3) is 0.224. The molecule has 10 aromatic rings. The van der Waals surface area contributed by atoms with Crippen LogP contribution in [-0.4, -0.2) is 114 Å². The number of benzene rings is 10. The highest BCUT2D eigenvalue weighted by molar-refractivity contribution is 9.10. The van der Waals surface area contributed by atoms with Gasteiger partial charge in [0.15, 0.2) is 0 Å². The lowest BCUT2D eigenvalue weighted by molar-refractivity contribution is -0.144. The van der Waals surface area contributed by atoms with Gasteiger partial charge in [0.1, 0.15) is 24.7 Å². The molecule has 119 heavy (non-hydrogen) atoms. The minimum atomic E-state index is -1.03. The lowest BCUT2D eigenvalue weighted by Crippen LogP contribution is -2.54. The lowest BCUT2D eigenvalue weighted by Gasteiger charge is -2.20. The van der Waals surface area contributed by atoms with Crippen molar-refractivity contribution in [3.05, 3.63) is 344 Å². The molecule has 0 heterocycles. The number of carboxylic acid groups (broad SMARTS) is 2. The Balaban J connectivity index is -0.00000139. The Morgan fingerprint density at radius 2 is 0.714 bits per heavy atom. The topological polar surface area (TPSA) is 325 Å². The summed E-state index contributed by atoms with van der Waals surface area (Å²) >= 11 is 3.31. The molecule has 0 unspecified atom stereocenters. The van der Waals surface area contributed by atoms with Crippen LogP contribution in [-0.2, 0) is 28.6 Å². The predicted molar refractivity (Wildman–Crippen MR) is 483 cm³/mol. The Morgan fingerprint density at radius 3 is 1.01 bits per heavy atom. The van der Waals surface area contributed by atoms with Crippen LogP contribution in [0.15, 0.2) is 271 Å². The lowest BCUT2D eigenvalue weighted by atomic mass is 9.98. The van der Waals surface area contributed by atoms with E-state index in [1.54, 1.807) is 98.8 Å². The third-order valence-corrected chi connectivity index (χ3v) is 16.7. The zero-order valence-corrected chi connectivity index (χ0v) is 63.2. The van der Waals surface area contributed by atoms with Gasteiger partial charge in [-0.05, 0) is 188 Å². The highest BCUT2D eigenvalue weighted by Crippen LogP contribution is 2.44. The summed E-state index contributed by atoms with van der Waals surface area (Å²) < 4.78 is 15.9. The number of carbonyl (C=O) groups excluding carboxylic acids is 6. The van der Waals surface area contributed by atoms with Crippen LogP contribution in [0.2, 0.25) is 0 Å². The van der Waals surface area contributed by atoms with Crippen molar-refractivity contribution in [1.82, 2.24) is 21.4 Å². The summed E-state index contributed by atoms with van der Waals surface area (Å²) in [5.74, 6) is 16.0. The summed E-state index contributed by atoms with van der Waals surface area (Å²) in [5, 5.41) is 33.7. The molecule has 1 aliphatic carbocycles. The number of rotatable bonds is 15. The summed E-state index contributed by atoms with van der Waals surface area (Å²) in [6.45, 7) is 7.10. The molecule has 0 saturated heterocycles. The minimum Gasteiger partial charge on any atom is -0.478 e. The van der Waals surface area contributed by atoms with Gasteiger partial charge in [-0.15, -0.1) is 6.42 Å². The minimum absolute atomic E-state index is 0. The van der Waals surface area contributed by atoms with E-state index >= 15 is 0 Å². The number of methoxy groups -OCH3 is 2. The smallest absolute Gasteiger partial charge is 0.407 e. The van der Waals surface area contributed by atoms with Crippen LogP contribution in [0.4, 0.5) is 4.79 Å². The van der Waals surface area contributed by atoms with Crippen LogP contribution < -0.4 is 32.9 Å². The van der Waals surface area contributed by atoms with Crippen LogP contribution in [0.25, 0.3) is 11.1 Å². The van der Waals surface area contributed by atoms with Gasteiger partial charge in [0.05, 0.1) is 31.4 Å². The molecule has 11 rings (SSSR count). The quantitative estimate of drug-likeness (QED) is 0.0151. The summed E-state index contributed by atoms with van der Waals surface area (Å²) in [4.78, 5) is 92.3. The molecular weight excluding hydrogens is 1570 g/mol. The maximum Gasteiger partial charge on any atom is 0.407 e. The van der Waals surface area contributed by atoms with E-state index in [2.05, 4.69) is 102 Å². The number of aromatic carboxylic acids is 2. The number of esters is 2. The molecule has 5 atom stereocenters. The average Bonchev–Trinajstić information content (AvgIpc) is 1.62. The number of carboxylic acids is 2. The largest absolute Gasteiger partial charge is 0.478 e. The Labute approximate surface area is 713 Å². The predicted octanol–water partition coefficient (Wildman–Crippen LogP) is 18.2. The van der Waals surface area contributed by atoms with E-state index in [0.717, 1.165) is 60.1 Å². The number of amides is 4. The zero-order valence-electron chi connectivity index (χ0n) is 61.6. The van der Waals surface area contributed by atoms with Gasteiger partial charge in [-0.25, -0.2) is 24.7 Å². The van der Waals surface area contributed by atoms with Crippen molar-refractivity contribution >= 4 is 63.6 Å². The van der Waals surface area contributed by atoms with Gasteiger partial charge >= 0.3 is 30.0 Å². The van der Waals surface area contributed by atoms with E-state index in [9.17, 15) is 38.4 Å². The van der Waals surface area contributed by atoms with Gasteiger partial charge in [-0.3, -0.25) is 24.4 Å². The van der Waals surface area contributed by atoms with Crippen LogP contribution in [0.1, 0.15) is 185 Å². The Hall–Kier alpha value is -13.6. The molecule has 1 aliphatic rings. The first-order valence-electron chi connectivity index (χ1n) is 34.5. The number of nitrogens with one attached hydrogen (secondary N) is 4. The summed E-state index contributed by atoms with van der Waals surface area (Å²) in [7, 11) is 2.56. The van der Waals surface area contributed by atoms with E-state index in [4.69, 9.17) is 42.8 Å². The van der Waals surface area contributed by atoms with Gasteiger partial charge in [0.2, 0.25) is 0 Å². The standard InChI is InChI=1S/C21H21NO3.C20H22N2O4.C19H19N3O3.C15H10O2.C9H6O2.C6H5Br.8CH4/c1-15(2)19(21(24)25-3)22-20(23)18-13-11-17(12-14-18)10-9-16-7-5-4-6-8-16;1-12(18(21)19(23)25-2)22-20(24)26-11-17-15-9-5-3-7-13(15)14-8-4-6-10-16(14)17;1-13(20)17(19(24)22-25)21-18(23)16-11-9-15(10-12-16)8-7-14-5-3-2-4-6-14;16-15(17)14-10-8-13(9-11-14)7-6-12-4-2-1-3-5-12;1-2-7-3-5-8(6-4-7)9(10)11;7-6-4-2-1-3-5-6;;;;;;;;/h4-8,11-15,19H,1-3H3,(H,22,23);3-10,12,17-18H,11,21H2,1-2H3,(H,22,24);2-6,9-13,17,25H,20H2,1H3,(H,21,23)(H,22,24);1-5,8-11H,(H,16,17);1,3-6H,(H,10,11);1-5H;8*1H4/t19-;12-,18-;13-,17-;;;;;;;;;;;/m000.........../s1. The molecule has 10 aromatic carbocycles. The number of halogens is 1. The molecule has 0 aliphatic heterocycles. The van der Waals surface area contributed by atoms with Gasteiger partial charge < -0.3 is 51.8 Å². The number of nitrogens with two attached hydrogens (primary N) is 2. The maximum absolute atomic E-state index is 12.3. The van der Waals surface area contributed by atoms with Crippen molar-refractivity contribution in [2.24, 2.45) is 17.4 Å². The average molecular weight is 1680 g/mol. The Kier molecular flexibility index (Phi) is 53.6. The number of hydrogen-bond donors (Lipinski definition) is 9. The Morgan fingerprint density at radius 1 is 0.412 bits per heavy atom. The number of carbonyl (C=O) groups is 8. The molecule has 11 N–H and O–H groups in total. The summed E-state index contributed by atoms with van der Waals surface area (Å²) in [5.41, 5.74) is 24.7. The summed E-state index contributed by atoms with van der Waals surface area (Å²) in [6.07, 6.45) is 4.47. The van der Waals surface area contributed by atoms with E-state index in [1.807, 2.05) is 159 Å². The van der Waals surface area contributed by atoms with Crippen molar-refractivity contribution in [2.45, 2.75) is 123 Å². The first-order valence-corrected chi connectivity index (χ1v) is 35.3. The highest BCUT2D eigenvalue weighted by Gasteiger charge is 2.31. The van der Waals surface area contributed by atoms with Crippen molar-refractivity contribution in [2.75, 3.05) is 20.8 Å².